The summed E-state index contributed by atoms with van der Waals surface area (Å²) in [6.07, 6.45) is 5.36. The van der Waals surface area contributed by atoms with Crippen LogP contribution in [0.5, 0.6) is 0 Å². The molecule has 1 unspecified atom stereocenters. The van der Waals surface area contributed by atoms with Crippen LogP contribution in [-0.2, 0) is 4.79 Å². The largest absolute Gasteiger partial charge is 0.368 e. The molecular weight excluding hydrogens is 176 g/mol. The first-order valence-electron chi connectivity index (χ1n) is 5.70. The number of nitrogens with two attached hydrogens (primary N) is 1. The van der Waals surface area contributed by atoms with Gasteiger partial charge >= 0.3 is 0 Å². The van der Waals surface area contributed by atoms with Gasteiger partial charge in [-0.3, -0.25) is 9.69 Å². The first-order valence-corrected chi connectivity index (χ1v) is 5.70. The number of amides is 1. The van der Waals surface area contributed by atoms with Crippen molar-refractivity contribution in [3.8, 4) is 0 Å². The molecule has 3 heteroatoms. The van der Waals surface area contributed by atoms with Crippen LogP contribution in [-0.4, -0.2) is 29.9 Å². The van der Waals surface area contributed by atoms with E-state index in [1.807, 2.05) is 6.92 Å². The van der Waals surface area contributed by atoms with Gasteiger partial charge in [0.15, 0.2) is 0 Å². The highest BCUT2D eigenvalue weighted by Gasteiger charge is 2.32. The van der Waals surface area contributed by atoms with E-state index in [2.05, 4.69) is 4.90 Å². The Morgan fingerprint density at radius 1 is 1.29 bits per heavy atom. The fourth-order valence-electron chi connectivity index (χ4n) is 1.83. The molecule has 0 heterocycles. The molecule has 1 amide bonds. The van der Waals surface area contributed by atoms with Crippen molar-refractivity contribution in [1.29, 1.82) is 0 Å². The summed E-state index contributed by atoms with van der Waals surface area (Å²) in [4.78, 5) is 13.4. The maximum atomic E-state index is 11.1. The van der Waals surface area contributed by atoms with Crippen LogP contribution in [0.4, 0.5) is 0 Å². The monoisotopic (exact) mass is 196 g/mol. The maximum Gasteiger partial charge on any atom is 0.234 e. The summed E-state index contributed by atoms with van der Waals surface area (Å²) in [7, 11) is 0. The Morgan fingerprint density at radius 3 is 2.00 bits per heavy atom. The van der Waals surface area contributed by atoms with Gasteiger partial charge in [-0.25, -0.2) is 0 Å². The van der Waals surface area contributed by atoms with Crippen LogP contribution in [0.1, 0.15) is 32.6 Å². The van der Waals surface area contributed by atoms with Crippen molar-refractivity contribution >= 4 is 5.91 Å². The number of nitrogens with zero attached hydrogens (tertiary/aromatic N) is 1. The normalized spacial score (nSPS) is 23.9. The molecule has 14 heavy (non-hydrogen) atoms. The minimum absolute atomic E-state index is 0.0730. The van der Waals surface area contributed by atoms with Gasteiger partial charge < -0.3 is 5.73 Å². The van der Waals surface area contributed by atoms with Crippen LogP contribution >= 0.6 is 0 Å². The van der Waals surface area contributed by atoms with E-state index in [1.165, 1.54) is 25.7 Å². The predicted molar refractivity (Wildman–Crippen MR) is 55.7 cm³/mol. The second-order valence-electron chi connectivity index (χ2n) is 4.92. The highest BCUT2D eigenvalue weighted by Crippen LogP contribution is 2.34. The molecule has 0 bridgehead atoms. The van der Waals surface area contributed by atoms with Gasteiger partial charge in [-0.2, -0.15) is 0 Å². The van der Waals surface area contributed by atoms with Crippen LogP contribution in [0.25, 0.3) is 0 Å². The topological polar surface area (TPSA) is 46.3 Å². The molecule has 0 aromatic heterocycles. The highest BCUT2D eigenvalue weighted by atomic mass is 16.1. The first kappa shape index (κ1) is 9.97. The average molecular weight is 196 g/mol. The third kappa shape index (κ3) is 2.71. The van der Waals surface area contributed by atoms with Gasteiger partial charge in [-0.15, -0.1) is 0 Å². The lowest BCUT2D eigenvalue weighted by atomic mass is 10.2. The fraction of sp³-hybridized carbons (Fsp3) is 0.909. The summed E-state index contributed by atoms with van der Waals surface area (Å²) in [5.74, 6) is 1.51. The van der Waals surface area contributed by atoms with Gasteiger partial charge in [-0.05, 0) is 44.4 Å². The van der Waals surface area contributed by atoms with Gasteiger partial charge in [-0.1, -0.05) is 0 Å². The molecule has 2 aliphatic rings. The zero-order valence-corrected chi connectivity index (χ0v) is 8.91. The molecular formula is C11H20N2O. The van der Waals surface area contributed by atoms with Crippen LogP contribution in [0, 0.1) is 11.8 Å². The Labute approximate surface area is 85.6 Å². The molecule has 0 saturated heterocycles. The zero-order valence-electron chi connectivity index (χ0n) is 8.91. The lowest BCUT2D eigenvalue weighted by Gasteiger charge is -2.26. The van der Waals surface area contributed by atoms with E-state index in [-0.39, 0.29) is 11.9 Å². The quantitative estimate of drug-likeness (QED) is 0.688. The van der Waals surface area contributed by atoms with Gasteiger partial charge in [0.2, 0.25) is 5.91 Å². The smallest absolute Gasteiger partial charge is 0.234 e. The minimum Gasteiger partial charge on any atom is -0.368 e. The molecule has 2 saturated carbocycles. The highest BCUT2D eigenvalue weighted by molar-refractivity contribution is 5.79. The number of carbonyl (C=O) groups excluding carboxylic acids is 1. The lowest BCUT2D eigenvalue weighted by molar-refractivity contribution is -0.122. The van der Waals surface area contributed by atoms with E-state index < -0.39 is 0 Å². The number of primary amides is 1. The van der Waals surface area contributed by atoms with Crippen molar-refractivity contribution in [3.05, 3.63) is 0 Å². The number of hydrogen-bond donors (Lipinski definition) is 1. The molecule has 3 nitrogen and oxygen atoms in total. The standard InChI is InChI=1S/C11H20N2O/c1-8(11(12)14)13(6-9-2-3-9)7-10-4-5-10/h8-10H,2-7H2,1H3,(H2,12,14). The van der Waals surface area contributed by atoms with Crippen molar-refractivity contribution in [2.45, 2.75) is 38.6 Å². The average Bonchev–Trinajstić information content (AvgIpc) is 2.94. The van der Waals surface area contributed by atoms with Crippen molar-refractivity contribution in [1.82, 2.24) is 4.90 Å². The first-order chi connectivity index (χ1) is 6.66. The fourth-order valence-corrected chi connectivity index (χ4v) is 1.83. The molecule has 2 aliphatic carbocycles. The summed E-state index contributed by atoms with van der Waals surface area (Å²) in [6, 6.07) is -0.0730. The van der Waals surface area contributed by atoms with E-state index >= 15 is 0 Å². The Hall–Kier alpha value is -0.570. The van der Waals surface area contributed by atoms with Crippen molar-refractivity contribution < 1.29 is 4.79 Å². The van der Waals surface area contributed by atoms with Gasteiger partial charge in [0.25, 0.3) is 0 Å². The third-order valence-electron chi connectivity index (χ3n) is 3.34. The SMILES string of the molecule is CC(C(N)=O)N(CC1CC1)CC1CC1. The van der Waals surface area contributed by atoms with Crippen molar-refractivity contribution in [3.63, 3.8) is 0 Å². The van der Waals surface area contributed by atoms with E-state index in [0.717, 1.165) is 24.9 Å². The van der Waals surface area contributed by atoms with E-state index in [1.54, 1.807) is 0 Å². The van der Waals surface area contributed by atoms with E-state index in [9.17, 15) is 4.79 Å². The van der Waals surface area contributed by atoms with E-state index in [0.29, 0.717) is 0 Å². The summed E-state index contributed by atoms with van der Waals surface area (Å²) in [5.41, 5.74) is 5.35. The second kappa shape index (κ2) is 3.89. The number of hydrogen-bond acceptors (Lipinski definition) is 2. The molecule has 2 rings (SSSR count). The van der Waals surface area contributed by atoms with Gasteiger partial charge in [0.1, 0.15) is 0 Å². The molecule has 0 spiro atoms. The third-order valence-corrected chi connectivity index (χ3v) is 3.34. The molecule has 0 aromatic carbocycles. The Balaban J connectivity index is 1.84. The summed E-state index contributed by atoms with van der Waals surface area (Å²) >= 11 is 0. The predicted octanol–water partition coefficient (Wildman–Crippen LogP) is 0.982. The molecule has 2 fully saturated rings. The van der Waals surface area contributed by atoms with Crippen molar-refractivity contribution in [2.24, 2.45) is 17.6 Å². The van der Waals surface area contributed by atoms with Crippen LogP contribution in [0.15, 0.2) is 0 Å². The maximum absolute atomic E-state index is 11.1. The molecule has 2 N–H and O–H groups in total. The number of carbonyl (C=O) groups is 1. The van der Waals surface area contributed by atoms with Crippen LogP contribution in [0.2, 0.25) is 0 Å². The zero-order chi connectivity index (χ0) is 10.1. The number of rotatable bonds is 6. The summed E-state index contributed by atoms with van der Waals surface area (Å²) in [6.45, 7) is 4.11. The molecule has 1 atom stereocenters. The van der Waals surface area contributed by atoms with Gasteiger partial charge in [0.05, 0.1) is 6.04 Å². The van der Waals surface area contributed by atoms with E-state index in [4.69, 9.17) is 5.73 Å². The second-order valence-corrected chi connectivity index (χ2v) is 4.92. The van der Waals surface area contributed by atoms with Crippen molar-refractivity contribution in [2.75, 3.05) is 13.1 Å². The lowest BCUT2D eigenvalue weighted by Crippen LogP contribution is -2.44. The molecule has 0 radical (unpaired) electrons. The molecule has 0 aromatic rings. The van der Waals surface area contributed by atoms with Gasteiger partial charge in [0, 0.05) is 13.1 Å². The Morgan fingerprint density at radius 2 is 1.71 bits per heavy atom. The minimum atomic E-state index is -0.175. The van der Waals surface area contributed by atoms with Crippen LogP contribution < -0.4 is 5.73 Å². The van der Waals surface area contributed by atoms with Crippen LogP contribution in [0.3, 0.4) is 0 Å². The Kier molecular flexibility index (Phi) is 2.77. The summed E-state index contributed by atoms with van der Waals surface area (Å²) in [5, 5.41) is 0. The molecule has 0 aliphatic heterocycles. The molecule has 80 valence electrons. The Bertz CT molecular complexity index is 207. The summed E-state index contributed by atoms with van der Waals surface area (Å²) < 4.78 is 0.